The van der Waals surface area contributed by atoms with Crippen molar-refractivity contribution in [2.45, 2.75) is 55.8 Å². The number of fused-ring (bicyclic) bond motifs is 3. The summed E-state index contributed by atoms with van der Waals surface area (Å²) in [6, 6.07) is 27.4. The molecule has 42 heavy (non-hydrogen) atoms. The van der Waals surface area contributed by atoms with E-state index in [1.165, 1.54) is 52.0 Å². The van der Waals surface area contributed by atoms with Crippen molar-refractivity contribution >= 4 is 36.6 Å². The van der Waals surface area contributed by atoms with Gasteiger partial charge in [0.2, 0.25) is 0 Å². The fourth-order valence-corrected chi connectivity index (χ4v) is 10.3. The summed E-state index contributed by atoms with van der Waals surface area (Å²) in [5.41, 5.74) is 18.0. The monoisotopic (exact) mass is 772 g/mol. The third kappa shape index (κ3) is 4.99. The van der Waals surface area contributed by atoms with Crippen molar-refractivity contribution in [3.63, 3.8) is 0 Å². The van der Waals surface area contributed by atoms with Gasteiger partial charge in [0, 0.05) is 0 Å². The first-order valence-corrected chi connectivity index (χ1v) is 19.3. The third-order valence-electron chi connectivity index (χ3n) is 9.42. The SMILES string of the molecule is CC1=Cc2c(cccc2N2CCCc3ccccc32)C1C1=C(C)[CH]([Hf+2])C2=CCC(=[Si](C)C)C(c3ccccc3)=C21.[Cl-].[Cl-]. The molecule has 0 fully saturated rings. The van der Waals surface area contributed by atoms with E-state index in [9.17, 15) is 0 Å². The first kappa shape index (κ1) is 31.4. The fraction of sp³-hybridized carbons (Fsp3) is 0.270. The van der Waals surface area contributed by atoms with E-state index < -0.39 is 8.41 Å². The van der Waals surface area contributed by atoms with E-state index in [1.54, 1.807) is 33.0 Å². The Bertz CT molecular complexity index is 1710. The molecule has 0 saturated carbocycles. The van der Waals surface area contributed by atoms with E-state index in [0.29, 0.717) is 9.59 Å². The molecular formula is C37H36Cl2HfNSi. The standard InChI is InChI=1S/C37H36NSi.2ClH.Hf/c1-24-22-28-19-20-33(39(3)4)36(27-13-6-5-7-14-27)37(28)35(24)34-25(2)23-30-29(34)16-10-18-32(30)38-21-11-15-26-12-8-9-17-31(26)38;;;/h5-10,12-14,16-19,22-23,34H,11,15,20-21H2,1-4H3;2*1H;/q;;;+2/p-2. The number of nitrogens with zero attached hydrogens (tertiary/aromatic N) is 1. The molecule has 7 rings (SSSR count). The topological polar surface area (TPSA) is 3.24 Å². The third-order valence-corrected chi connectivity index (χ3v) is 13.7. The number of benzene rings is 3. The van der Waals surface area contributed by atoms with Gasteiger partial charge >= 0.3 is 257 Å². The van der Waals surface area contributed by atoms with Crippen LogP contribution in [0.2, 0.25) is 16.8 Å². The van der Waals surface area contributed by atoms with Crippen molar-refractivity contribution in [2.24, 2.45) is 0 Å². The second-order valence-corrected chi connectivity index (χ2v) is 16.7. The first-order chi connectivity index (χ1) is 19.5. The quantitative estimate of drug-likeness (QED) is 0.371. The Morgan fingerprint density at radius 1 is 0.833 bits per heavy atom. The van der Waals surface area contributed by atoms with Gasteiger partial charge < -0.3 is 24.8 Å². The Kier molecular flexibility index (Phi) is 9.35. The van der Waals surface area contributed by atoms with Gasteiger partial charge in [-0.05, 0) is 0 Å². The number of halogens is 2. The van der Waals surface area contributed by atoms with E-state index in [1.807, 2.05) is 0 Å². The van der Waals surface area contributed by atoms with Gasteiger partial charge in [0.05, 0.1) is 0 Å². The van der Waals surface area contributed by atoms with E-state index >= 15 is 0 Å². The van der Waals surface area contributed by atoms with E-state index in [-0.39, 0.29) is 24.8 Å². The number of anilines is 2. The predicted octanol–water partition coefficient (Wildman–Crippen LogP) is 3.24. The van der Waals surface area contributed by atoms with Crippen LogP contribution in [0.4, 0.5) is 11.4 Å². The Balaban J connectivity index is 0.00000176. The summed E-state index contributed by atoms with van der Waals surface area (Å²) in [4.78, 5) is 2.59. The summed E-state index contributed by atoms with van der Waals surface area (Å²) in [5.74, 6) is 0.329. The van der Waals surface area contributed by atoms with Crippen molar-refractivity contribution in [2.75, 3.05) is 11.4 Å². The molecule has 5 heteroatoms. The molecule has 2 atom stereocenters. The van der Waals surface area contributed by atoms with Gasteiger partial charge in [-0.15, -0.1) is 0 Å². The zero-order valence-electron chi connectivity index (χ0n) is 24.8. The second-order valence-electron chi connectivity index (χ2n) is 12.0. The molecular weight excluding hydrogens is 736 g/mol. The maximum absolute atomic E-state index is 2.61. The molecule has 0 spiro atoms. The number of hydrogen-bond donors (Lipinski definition) is 0. The molecule has 3 aromatic carbocycles. The van der Waals surface area contributed by atoms with Crippen LogP contribution in [0.15, 0.2) is 107 Å². The van der Waals surface area contributed by atoms with Crippen LogP contribution in [0.1, 0.15) is 54.9 Å². The van der Waals surface area contributed by atoms with Crippen LogP contribution in [-0.4, -0.2) is 20.1 Å². The molecule has 0 aromatic heterocycles. The number of aryl methyl sites for hydroxylation is 1. The Labute approximate surface area is 280 Å². The molecule has 1 nitrogen and oxygen atoms in total. The fourth-order valence-electron chi connectivity index (χ4n) is 7.54. The molecule has 211 valence electrons. The molecule has 1 aliphatic heterocycles. The molecule has 0 amide bonds. The number of hydrogen-bond acceptors (Lipinski definition) is 1. The molecule has 4 aliphatic rings. The summed E-state index contributed by atoms with van der Waals surface area (Å²) in [7, 11) is -0.590. The summed E-state index contributed by atoms with van der Waals surface area (Å²) in [6.45, 7) is 10.9. The van der Waals surface area contributed by atoms with Crippen LogP contribution < -0.4 is 29.7 Å². The average molecular weight is 772 g/mol. The molecule has 0 saturated heterocycles. The van der Waals surface area contributed by atoms with E-state index in [0.717, 1.165) is 37.3 Å². The predicted molar refractivity (Wildman–Crippen MR) is 170 cm³/mol. The van der Waals surface area contributed by atoms with Crippen LogP contribution >= 0.6 is 0 Å². The molecule has 0 bridgehead atoms. The van der Waals surface area contributed by atoms with Crippen LogP contribution in [-0.2, 0) is 30.8 Å². The molecule has 3 aromatic rings. The van der Waals surface area contributed by atoms with Crippen molar-refractivity contribution in [3.8, 4) is 0 Å². The number of rotatable bonds is 3. The number of para-hydroxylation sites is 1. The molecule has 3 aliphatic carbocycles. The Morgan fingerprint density at radius 2 is 1.55 bits per heavy atom. The largest absolute Gasteiger partial charge is 1.00 e. The van der Waals surface area contributed by atoms with Gasteiger partial charge in [-0.2, -0.15) is 0 Å². The van der Waals surface area contributed by atoms with E-state index in [4.69, 9.17) is 0 Å². The summed E-state index contributed by atoms with van der Waals surface area (Å²) < 4.78 is 0.601. The first-order valence-electron chi connectivity index (χ1n) is 14.7. The minimum absolute atomic E-state index is 0. The second kappa shape index (κ2) is 12.5. The summed E-state index contributed by atoms with van der Waals surface area (Å²) in [6.07, 6.45) is 8.63. The van der Waals surface area contributed by atoms with Crippen LogP contribution in [0.5, 0.6) is 0 Å². The van der Waals surface area contributed by atoms with Gasteiger partial charge in [-0.3, -0.25) is 0 Å². The zero-order valence-corrected chi connectivity index (χ0v) is 30.9. The van der Waals surface area contributed by atoms with Crippen LogP contribution in [0, 0.1) is 0 Å². The zero-order chi connectivity index (χ0) is 27.5. The molecule has 0 N–H and O–H groups in total. The van der Waals surface area contributed by atoms with Crippen LogP contribution in [0.25, 0.3) is 11.6 Å². The van der Waals surface area contributed by atoms with Gasteiger partial charge in [0.1, 0.15) is 0 Å². The summed E-state index contributed by atoms with van der Waals surface area (Å²) in [5, 5.41) is 1.69. The summed E-state index contributed by atoms with van der Waals surface area (Å²) >= 11 is 1.16. The molecule has 0 radical (unpaired) electrons. The normalized spacial score (nSPS) is 20.7. The smallest absolute Gasteiger partial charge is 1.00 e. The average Bonchev–Trinajstić information content (AvgIpc) is 3.44. The Morgan fingerprint density at radius 3 is 2.31 bits per heavy atom. The van der Waals surface area contributed by atoms with Gasteiger partial charge in [-0.25, -0.2) is 0 Å². The van der Waals surface area contributed by atoms with Gasteiger partial charge in [-0.1, -0.05) is 0 Å². The Hall–Kier alpha value is -2.04. The van der Waals surface area contributed by atoms with Crippen molar-refractivity contribution in [3.05, 3.63) is 129 Å². The van der Waals surface area contributed by atoms with E-state index in [2.05, 4.69) is 117 Å². The van der Waals surface area contributed by atoms with Crippen molar-refractivity contribution < 1.29 is 49.2 Å². The van der Waals surface area contributed by atoms with Gasteiger partial charge in [0.25, 0.3) is 0 Å². The minimum atomic E-state index is -0.590. The van der Waals surface area contributed by atoms with Crippen molar-refractivity contribution in [1.82, 2.24) is 0 Å². The molecule has 1 heterocycles. The number of allylic oxidation sites excluding steroid dienone is 7. The minimum Gasteiger partial charge on any atom is -1.00 e. The molecule has 2 unspecified atom stereocenters. The van der Waals surface area contributed by atoms with Gasteiger partial charge in [0.15, 0.2) is 0 Å². The van der Waals surface area contributed by atoms with Crippen LogP contribution in [0.3, 0.4) is 0 Å². The maximum atomic E-state index is 2.61. The van der Waals surface area contributed by atoms with Crippen molar-refractivity contribution in [1.29, 1.82) is 0 Å². The maximum Gasteiger partial charge on any atom is -1.00 e.